The van der Waals surface area contributed by atoms with Crippen LogP contribution in [-0.4, -0.2) is 7.11 Å². The van der Waals surface area contributed by atoms with Crippen LogP contribution in [0.1, 0.15) is 11.1 Å². The van der Waals surface area contributed by atoms with E-state index in [9.17, 15) is 13.2 Å². The minimum absolute atomic E-state index is 0.346. The maximum absolute atomic E-state index is 12.7. The zero-order chi connectivity index (χ0) is 14.8. The van der Waals surface area contributed by atoms with E-state index in [1.807, 2.05) is 0 Å². The van der Waals surface area contributed by atoms with Crippen LogP contribution in [0.5, 0.6) is 5.75 Å². The van der Waals surface area contributed by atoms with Gasteiger partial charge in [-0.25, -0.2) is 0 Å². The first-order valence-corrected chi connectivity index (χ1v) is 6.00. The second kappa shape index (κ2) is 5.54. The van der Waals surface area contributed by atoms with Crippen molar-refractivity contribution in [2.24, 2.45) is 5.73 Å². The van der Waals surface area contributed by atoms with E-state index in [2.05, 4.69) is 0 Å². The maximum Gasteiger partial charge on any atom is 0.416 e. The molecule has 0 bridgehead atoms. The zero-order valence-electron chi connectivity index (χ0n) is 10.9. The fourth-order valence-electron chi connectivity index (χ4n) is 1.96. The van der Waals surface area contributed by atoms with E-state index < -0.39 is 11.7 Å². The normalized spacial score (nSPS) is 11.4. The lowest BCUT2D eigenvalue weighted by molar-refractivity contribution is -0.137. The average molecular weight is 281 g/mol. The number of hydrogen-bond acceptors (Lipinski definition) is 2. The molecule has 0 aliphatic carbocycles. The van der Waals surface area contributed by atoms with Gasteiger partial charge in [0.2, 0.25) is 0 Å². The summed E-state index contributed by atoms with van der Waals surface area (Å²) in [5.41, 5.74) is 6.78. The third kappa shape index (κ3) is 2.93. The molecule has 0 fully saturated rings. The summed E-state index contributed by atoms with van der Waals surface area (Å²) < 4.78 is 43.4. The summed E-state index contributed by atoms with van der Waals surface area (Å²) in [6.07, 6.45) is -4.36. The van der Waals surface area contributed by atoms with E-state index in [1.54, 1.807) is 24.3 Å². The predicted octanol–water partition coefficient (Wildman–Crippen LogP) is 3.84. The smallest absolute Gasteiger partial charge is 0.416 e. The highest BCUT2D eigenvalue weighted by molar-refractivity contribution is 5.71. The summed E-state index contributed by atoms with van der Waals surface area (Å²) in [5, 5.41) is 0. The van der Waals surface area contributed by atoms with Crippen molar-refractivity contribution in [2.45, 2.75) is 12.7 Å². The van der Waals surface area contributed by atoms with E-state index in [-0.39, 0.29) is 0 Å². The number of nitrogens with two attached hydrogens (primary N) is 1. The summed E-state index contributed by atoms with van der Waals surface area (Å²) in [5.74, 6) is 0.507. The fraction of sp³-hybridized carbons (Fsp3) is 0.200. The third-order valence-corrected chi connectivity index (χ3v) is 3.00. The van der Waals surface area contributed by atoms with Gasteiger partial charge >= 0.3 is 6.18 Å². The van der Waals surface area contributed by atoms with Crippen molar-refractivity contribution in [1.29, 1.82) is 0 Å². The molecule has 0 heterocycles. The molecule has 0 saturated carbocycles. The summed E-state index contributed by atoms with van der Waals surface area (Å²) in [4.78, 5) is 0. The number of alkyl halides is 3. The quantitative estimate of drug-likeness (QED) is 0.927. The van der Waals surface area contributed by atoms with Crippen LogP contribution < -0.4 is 10.5 Å². The molecule has 2 rings (SSSR count). The van der Waals surface area contributed by atoms with E-state index in [1.165, 1.54) is 13.2 Å². The van der Waals surface area contributed by atoms with Crippen molar-refractivity contribution in [3.8, 4) is 16.9 Å². The first kappa shape index (κ1) is 14.4. The highest BCUT2D eigenvalue weighted by atomic mass is 19.4. The van der Waals surface area contributed by atoms with Gasteiger partial charge in [0.05, 0.1) is 12.7 Å². The van der Waals surface area contributed by atoms with Crippen LogP contribution in [0.2, 0.25) is 0 Å². The number of ether oxygens (including phenoxy) is 1. The van der Waals surface area contributed by atoms with Crippen molar-refractivity contribution in [3.63, 3.8) is 0 Å². The molecule has 0 radical (unpaired) electrons. The minimum atomic E-state index is -4.36. The summed E-state index contributed by atoms with van der Waals surface area (Å²) in [6.45, 7) is 0.346. The number of halogens is 3. The van der Waals surface area contributed by atoms with Crippen LogP contribution in [0.4, 0.5) is 13.2 Å². The van der Waals surface area contributed by atoms with Crippen molar-refractivity contribution >= 4 is 0 Å². The Bertz CT molecular complexity index is 608. The lowest BCUT2D eigenvalue weighted by Crippen LogP contribution is -2.04. The lowest BCUT2D eigenvalue weighted by Gasteiger charge is -2.12. The average Bonchev–Trinajstić information content (AvgIpc) is 2.45. The second-order valence-electron chi connectivity index (χ2n) is 4.32. The second-order valence-corrected chi connectivity index (χ2v) is 4.32. The highest BCUT2D eigenvalue weighted by Gasteiger charge is 2.30. The molecule has 0 spiro atoms. The highest BCUT2D eigenvalue weighted by Crippen LogP contribution is 2.35. The summed E-state index contributed by atoms with van der Waals surface area (Å²) >= 11 is 0. The molecule has 5 heteroatoms. The molecular weight excluding hydrogens is 267 g/mol. The van der Waals surface area contributed by atoms with Crippen molar-refractivity contribution in [3.05, 3.63) is 53.6 Å². The monoisotopic (exact) mass is 281 g/mol. The lowest BCUT2D eigenvalue weighted by atomic mass is 10.0. The van der Waals surface area contributed by atoms with Crippen LogP contribution in [0.25, 0.3) is 11.1 Å². The number of rotatable bonds is 3. The van der Waals surface area contributed by atoms with Gasteiger partial charge in [-0.15, -0.1) is 0 Å². The Morgan fingerprint density at radius 1 is 1.10 bits per heavy atom. The number of hydrogen-bond donors (Lipinski definition) is 1. The van der Waals surface area contributed by atoms with E-state index >= 15 is 0 Å². The molecule has 0 aliphatic heterocycles. The molecule has 0 aliphatic rings. The van der Waals surface area contributed by atoms with Gasteiger partial charge in [-0.2, -0.15) is 13.2 Å². The number of benzene rings is 2. The molecule has 2 nitrogen and oxygen atoms in total. The molecule has 2 aromatic rings. The summed E-state index contributed by atoms with van der Waals surface area (Å²) in [7, 11) is 1.48. The minimum Gasteiger partial charge on any atom is -0.496 e. The first-order valence-electron chi connectivity index (χ1n) is 6.00. The molecule has 20 heavy (non-hydrogen) atoms. The Morgan fingerprint density at radius 3 is 2.45 bits per heavy atom. The standard InChI is InChI=1S/C15H14F3NO/c1-20-14-7-10(9-19)5-6-13(14)11-3-2-4-12(8-11)15(16,17)18/h2-8H,9,19H2,1H3. The largest absolute Gasteiger partial charge is 0.496 e. The van der Waals surface area contributed by atoms with Crippen LogP contribution in [0.3, 0.4) is 0 Å². The molecule has 0 amide bonds. The molecular formula is C15H14F3NO. The Balaban J connectivity index is 2.51. The fourth-order valence-corrected chi connectivity index (χ4v) is 1.96. The van der Waals surface area contributed by atoms with Gasteiger partial charge in [-0.1, -0.05) is 24.3 Å². The topological polar surface area (TPSA) is 35.2 Å². The van der Waals surface area contributed by atoms with Crippen LogP contribution in [0.15, 0.2) is 42.5 Å². The number of methoxy groups -OCH3 is 1. The SMILES string of the molecule is COc1cc(CN)ccc1-c1cccc(C(F)(F)F)c1. The third-order valence-electron chi connectivity index (χ3n) is 3.00. The Kier molecular flexibility index (Phi) is 3.99. The van der Waals surface area contributed by atoms with Gasteiger partial charge in [-0.3, -0.25) is 0 Å². The summed E-state index contributed by atoms with van der Waals surface area (Å²) in [6, 6.07) is 10.4. The van der Waals surface area contributed by atoms with Crippen LogP contribution >= 0.6 is 0 Å². The molecule has 2 N–H and O–H groups in total. The van der Waals surface area contributed by atoms with E-state index in [0.29, 0.717) is 23.4 Å². The Morgan fingerprint density at radius 2 is 1.85 bits per heavy atom. The molecule has 0 aromatic heterocycles. The Hall–Kier alpha value is -2.01. The van der Waals surface area contributed by atoms with E-state index in [4.69, 9.17) is 10.5 Å². The van der Waals surface area contributed by atoms with Gasteiger partial charge in [0.15, 0.2) is 0 Å². The zero-order valence-corrected chi connectivity index (χ0v) is 10.9. The first-order chi connectivity index (χ1) is 9.45. The van der Waals surface area contributed by atoms with Crippen molar-refractivity contribution < 1.29 is 17.9 Å². The van der Waals surface area contributed by atoms with E-state index in [0.717, 1.165) is 17.7 Å². The molecule has 0 atom stereocenters. The molecule has 0 saturated heterocycles. The van der Waals surface area contributed by atoms with Gasteiger partial charge in [0, 0.05) is 12.1 Å². The van der Waals surface area contributed by atoms with Crippen LogP contribution in [0, 0.1) is 0 Å². The predicted molar refractivity (Wildman–Crippen MR) is 71.3 cm³/mol. The maximum atomic E-state index is 12.7. The van der Waals surface area contributed by atoms with Gasteiger partial charge in [-0.05, 0) is 29.3 Å². The Labute approximate surface area is 115 Å². The molecule has 0 unspecified atom stereocenters. The van der Waals surface area contributed by atoms with Gasteiger partial charge in [0.25, 0.3) is 0 Å². The molecule has 2 aromatic carbocycles. The molecule has 106 valence electrons. The van der Waals surface area contributed by atoms with Crippen molar-refractivity contribution in [1.82, 2.24) is 0 Å². The van der Waals surface area contributed by atoms with Gasteiger partial charge in [0.1, 0.15) is 5.75 Å². The van der Waals surface area contributed by atoms with Crippen molar-refractivity contribution in [2.75, 3.05) is 7.11 Å². The van der Waals surface area contributed by atoms with Crippen LogP contribution in [-0.2, 0) is 12.7 Å². The van der Waals surface area contributed by atoms with Gasteiger partial charge < -0.3 is 10.5 Å².